The predicted molar refractivity (Wildman–Crippen MR) is 155 cm³/mol. The summed E-state index contributed by atoms with van der Waals surface area (Å²) < 4.78 is 22.8. The Morgan fingerprint density at radius 1 is 1.12 bits per heavy atom. The Bertz CT molecular complexity index is 1580. The van der Waals surface area contributed by atoms with Crippen LogP contribution in [0.3, 0.4) is 0 Å². The third kappa shape index (κ3) is 4.41. The minimum Gasteiger partial charge on any atom is -0.508 e. The van der Waals surface area contributed by atoms with E-state index in [0.29, 0.717) is 41.5 Å². The third-order valence-corrected chi connectivity index (χ3v) is 8.92. The molecule has 0 spiro atoms. The highest BCUT2D eigenvalue weighted by molar-refractivity contribution is 6.01. The number of piperazine rings is 1. The molecule has 0 aliphatic carbocycles. The van der Waals surface area contributed by atoms with E-state index < -0.39 is 5.82 Å². The molecule has 40 heavy (non-hydrogen) atoms. The summed E-state index contributed by atoms with van der Waals surface area (Å²) in [6.45, 7) is 5.18. The molecule has 0 radical (unpaired) electrons. The molecular formula is C31H35FN6O2. The van der Waals surface area contributed by atoms with Crippen molar-refractivity contribution >= 4 is 27.5 Å². The molecule has 0 saturated carbocycles. The van der Waals surface area contributed by atoms with Crippen molar-refractivity contribution in [1.82, 2.24) is 25.2 Å². The van der Waals surface area contributed by atoms with Gasteiger partial charge < -0.3 is 25.0 Å². The van der Waals surface area contributed by atoms with Crippen LogP contribution in [0.5, 0.6) is 11.8 Å². The number of likely N-dealkylation sites (N-methyl/N-ethyl adjacent to an activating group) is 1. The van der Waals surface area contributed by atoms with Crippen LogP contribution < -0.4 is 15.0 Å². The highest BCUT2D eigenvalue weighted by Gasteiger charge is 2.34. The Balaban J connectivity index is 1.38. The molecule has 3 saturated heterocycles. The zero-order valence-electron chi connectivity index (χ0n) is 23.0. The topological polar surface area (TPSA) is 86.6 Å². The van der Waals surface area contributed by atoms with Gasteiger partial charge in [-0.2, -0.15) is 9.97 Å². The number of phenolic OH excluding ortho intramolecular Hbond substituents is 1. The average molecular weight is 543 g/mol. The zero-order valence-corrected chi connectivity index (χ0v) is 23.0. The molecular weight excluding hydrogens is 507 g/mol. The minimum absolute atomic E-state index is 0.0708. The van der Waals surface area contributed by atoms with Gasteiger partial charge in [-0.1, -0.05) is 25.1 Å². The van der Waals surface area contributed by atoms with Crippen LogP contribution >= 0.6 is 0 Å². The lowest BCUT2D eigenvalue weighted by Gasteiger charge is -2.34. The lowest BCUT2D eigenvalue weighted by Crippen LogP contribution is -2.51. The smallest absolute Gasteiger partial charge is 0.319 e. The number of hydrogen-bond acceptors (Lipinski definition) is 8. The van der Waals surface area contributed by atoms with E-state index in [0.717, 1.165) is 68.1 Å². The third-order valence-electron chi connectivity index (χ3n) is 8.92. The monoisotopic (exact) mass is 542 g/mol. The molecule has 4 aromatic rings. The molecule has 208 valence electrons. The number of hydrogen-bond donors (Lipinski definition) is 2. The molecule has 2 N–H and O–H groups in total. The molecule has 3 aliphatic heterocycles. The number of halogens is 1. The van der Waals surface area contributed by atoms with Gasteiger partial charge in [0.05, 0.1) is 5.39 Å². The first-order chi connectivity index (χ1) is 19.5. The van der Waals surface area contributed by atoms with Gasteiger partial charge in [0, 0.05) is 43.0 Å². The van der Waals surface area contributed by atoms with Crippen molar-refractivity contribution < 1.29 is 14.2 Å². The largest absolute Gasteiger partial charge is 0.508 e. The summed E-state index contributed by atoms with van der Waals surface area (Å²) in [6.07, 6.45) is 6.91. The van der Waals surface area contributed by atoms with E-state index in [-0.39, 0.29) is 23.0 Å². The molecule has 3 atom stereocenters. The maximum atomic E-state index is 16.6. The Morgan fingerprint density at radius 2 is 1.95 bits per heavy atom. The van der Waals surface area contributed by atoms with Gasteiger partial charge in [-0.25, -0.2) is 4.39 Å². The number of aromatic nitrogens is 3. The van der Waals surface area contributed by atoms with E-state index in [1.165, 1.54) is 0 Å². The molecule has 9 heteroatoms. The predicted octanol–water partition coefficient (Wildman–Crippen LogP) is 4.67. The first-order valence-electron chi connectivity index (χ1n) is 14.4. The number of aromatic hydroxyl groups is 1. The van der Waals surface area contributed by atoms with E-state index in [4.69, 9.17) is 9.72 Å². The fourth-order valence-corrected chi connectivity index (χ4v) is 6.82. The summed E-state index contributed by atoms with van der Waals surface area (Å²) in [5, 5.41) is 16.5. The number of pyridine rings is 1. The number of fused-ring (bicyclic) bond motifs is 4. The second kappa shape index (κ2) is 10.1. The molecule has 2 aromatic carbocycles. The van der Waals surface area contributed by atoms with Crippen LogP contribution in [0.25, 0.3) is 32.9 Å². The van der Waals surface area contributed by atoms with E-state index in [2.05, 4.69) is 39.1 Å². The van der Waals surface area contributed by atoms with Gasteiger partial charge >= 0.3 is 6.01 Å². The van der Waals surface area contributed by atoms with Crippen LogP contribution in [0, 0.1) is 5.82 Å². The summed E-state index contributed by atoms with van der Waals surface area (Å²) in [4.78, 5) is 18.6. The highest BCUT2D eigenvalue weighted by Crippen LogP contribution is 2.39. The molecule has 3 fully saturated rings. The number of rotatable bonds is 6. The summed E-state index contributed by atoms with van der Waals surface area (Å²) in [6, 6.07) is 10.5. The first kappa shape index (κ1) is 25.4. The van der Waals surface area contributed by atoms with Gasteiger partial charge in [-0.05, 0) is 74.2 Å². The van der Waals surface area contributed by atoms with Crippen molar-refractivity contribution in [2.24, 2.45) is 0 Å². The SMILES string of the molecule is CCc1cccc2cc(O)cc(-c3ncc4c(N5C[C@H]6CC[C@@H](C5)N6)nc(OC[C@@H]5CCCN5C)nc4c3F)c12. The van der Waals surface area contributed by atoms with Gasteiger partial charge in [0.1, 0.15) is 29.4 Å². The maximum absolute atomic E-state index is 16.6. The van der Waals surface area contributed by atoms with Gasteiger partial charge in [0.2, 0.25) is 0 Å². The number of nitrogens with one attached hydrogen (secondary N) is 1. The Morgan fingerprint density at radius 3 is 2.70 bits per heavy atom. The summed E-state index contributed by atoms with van der Waals surface area (Å²) in [7, 11) is 2.10. The van der Waals surface area contributed by atoms with Crippen molar-refractivity contribution in [3.8, 4) is 23.0 Å². The normalized spacial score (nSPS) is 23.0. The lowest BCUT2D eigenvalue weighted by molar-refractivity contribution is 0.188. The molecule has 0 unspecified atom stereocenters. The molecule has 8 nitrogen and oxygen atoms in total. The molecule has 3 aliphatic rings. The number of ether oxygens (including phenoxy) is 1. The van der Waals surface area contributed by atoms with E-state index in [1.54, 1.807) is 18.3 Å². The zero-order chi connectivity index (χ0) is 27.4. The molecule has 5 heterocycles. The summed E-state index contributed by atoms with van der Waals surface area (Å²) in [5.41, 5.74) is 1.99. The quantitative estimate of drug-likeness (QED) is 0.364. The number of aryl methyl sites for hydroxylation is 1. The van der Waals surface area contributed by atoms with Gasteiger partial charge in [-0.15, -0.1) is 0 Å². The molecule has 2 aromatic heterocycles. The van der Waals surface area contributed by atoms with Crippen LogP contribution in [-0.4, -0.2) is 76.4 Å². The fraction of sp³-hybridized carbons (Fsp3) is 0.452. The van der Waals surface area contributed by atoms with Crippen molar-refractivity contribution in [1.29, 1.82) is 0 Å². The van der Waals surface area contributed by atoms with Gasteiger partial charge in [0.15, 0.2) is 5.82 Å². The number of anilines is 1. The fourth-order valence-electron chi connectivity index (χ4n) is 6.82. The molecule has 0 amide bonds. The average Bonchev–Trinajstić information content (AvgIpc) is 3.53. The summed E-state index contributed by atoms with van der Waals surface area (Å²) in [5.74, 6) is 0.215. The van der Waals surface area contributed by atoms with Crippen molar-refractivity contribution in [2.75, 3.05) is 38.2 Å². The molecule has 2 bridgehead atoms. The van der Waals surface area contributed by atoms with Crippen LogP contribution in [0.2, 0.25) is 0 Å². The highest BCUT2D eigenvalue weighted by atomic mass is 19.1. The minimum atomic E-state index is -0.528. The second-order valence-corrected chi connectivity index (χ2v) is 11.5. The van der Waals surface area contributed by atoms with E-state index in [1.807, 2.05) is 18.2 Å². The number of likely N-dealkylation sites (tertiary alicyclic amines) is 1. The standard InChI is InChI=1S/C31H35FN6O2/c1-3-18-6-4-7-19-12-23(39)13-24(26(18)19)28-27(32)29-25(14-33-28)30(38-15-20-9-10-21(16-38)34-20)36-31(35-29)40-17-22-8-5-11-37(22)2/h4,6-7,12-14,20-22,34,39H,3,5,8-11,15-17H2,1-2H3/t20-,21+,22-/m0/s1. The lowest BCUT2D eigenvalue weighted by atomic mass is 9.95. The Hall–Kier alpha value is -3.56. The maximum Gasteiger partial charge on any atom is 0.319 e. The Labute approximate surface area is 233 Å². The number of nitrogens with zero attached hydrogens (tertiary/aromatic N) is 5. The van der Waals surface area contributed by atoms with Crippen molar-refractivity contribution in [3.63, 3.8) is 0 Å². The number of phenols is 1. The van der Waals surface area contributed by atoms with Crippen molar-refractivity contribution in [2.45, 2.75) is 57.2 Å². The van der Waals surface area contributed by atoms with E-state index in [9.17, 15) is 5.11 Å². The first-order valence-corrected chi connectivity index (χ1v) is 14.4. The van der Waals surface area contributed by atoms with E-state index >= 15 is 4.39 Å². The van der Waals surface area contributed by atoms with Crippen LogP contribution in [0.1, 0.15) is 38.2 Å². The summed E-state index contributed by atoms with van der Waals surface area (Å²) >= 11 is 0. The second-order valence-electron chi connectivity index (χ2n) is 11.5. The van der Waals surface area contributed by atoms with Crippen LogP contribution in [0.4, 0.5) is 10.2 Å². The van der Waals surface area contributed by atoms with Gasteiger partial charge in [0.25, 0.3) is 0 Å². The number of benzene rings is 2. The van der Waals surface area contributed by atoms with Gasteiger partial charge in [-0.3, -0.25) is 4.98 Å². The Kier molecular flexibility index (Phi) is 6.43. The van der Waals surface area contributed by atoms with Crippen molar-refractivity contribution in [3.05, 3.63) is 47.9 Å². The molecule has 7 rings (SSSR count). The van der Waals surface area contributed by atoms with Crippen LogP contribution in [0.15, 0.2) is 36.5 Å². The van der Waals surface area contributed by atoms with Crippen LogP contribution in [-0.2, 0) is 6.42 Å².